The average molecular weight is 614 g/mol. The van der Waals surface area contributed by atoms with E-state index in [2.05, 4.69) is 198 Å². The average Bonchev–Trinajstić information content (AvgIpc) is 3.58. The van der Waals surface area contributed by atoms with Crippen molar-refractivity contribution in [2.45, 2.75) is 0 Å². The Hall–Kier alpha value is -6.45. The minimum Gasteiger partial charge on any atom is -0.310 e. The van der Waals surface area contributed by atoms with Gasteiger partial charge >= 0.3 is 0 Å². The molecule has 48 heavy (non-hydrogen) atoms. The number of imidazole rings is 1. The zero-order chi connectivity index (χ0) is 31.9. The van der Waals surface area contributed by atoms with Gasteiger partial charge < -0.3 is 4.90 Å². The van der Waals surface area contributed by atoms with E-state index in [1.54, 1.807) is 0 Å². The molecule has 0 amide bonds. The molecule has 9 aromatic rings. The quantitative estimate of drug-likeness (QED) is 0.174. The van der Waals surface area contributed by atoms with Crippen LogP contribution < -0.4 is 4.90 Å². The van der Waals surface area contributed by atoms with Crippen LogP contribution in [0, 0.1) is 0 Å². The van der Waals surface area contributed by atoms with E-state index in [4.69, 9.17) is 4.98 Å². The smallest absolute Gasteiger partial charge is 0.145 e. The molecule has 0 unspecified atom stereocenters. The molecular formula is C45H31N3. The van der Waals surface area contributed by atoms with Crippen molar-refractivity contribution < 1.29 is 0 Å². The first-order valence-electron chi connectivity index (χ1n) is 16.3. The van der Waals surface area contributed by atoms with Crippen molar-refractivity contribution in [2.24, 2.45) is 0 Å². The van der Waals surface area contributed by atoms with Gasteiger partial charge in [-0.1, -0.05) is 140 Å². The lowest BCUT2D eigenvalue weighted by Crippen LogP contribution is -2.09. The van der Waals surface area contributed by atoms with Crippen LogP contribution in [0.15, 0.2) is 188 Å². The van der Waals surface area contributed by atoms with Crippen LogP contribution in [0.4, 0.5) is 17.1 Å². The molecule has 8 aromatic carbocycles. The van der Waals surface area contributed by atoms with Crippen LogP contribution in [-0.2, 0) is 0 Å². The van der Waals surface area contributed by atoms with Crippen LogP contribution in [-0.4, -0.2) is 9.55 Å². The van der Waals surface area contributed by atoms with E-state index < -0.39 is 0 Å². The number of benzene rings is 8. The number of aromatic nitrogens is 2. The Morgan fingerprint density at radius 1 is 0.375 bits per heavy atom. The molecule has 0 saturated heterocycles. The van der Waals surface area contributed by atoms with Crippen molar-refractivity contribution in [2.75, 3.05) is 4.90 Å². The molecule has 1 heterocycles. The molecule has 9 rings (SSSR count). The van der Waals surface area contributed by atoms with E-state index in [9.17, 15) is 0 Å². The Bertz CT molecular complexity index is 2520. The molecule has 0 aliphatic rings. The maximum atomic E-state index is 5.47. The number of para-hydroxylation sites is 2. The number of anilines is 3. The lowest BCUT2D eigenvalue weighted by atomic mass is 9.98. The second-order valence-corrected chi connectivity index (χ2v) is 12.0. The Morgan fingerprint density at radius 2 is 0.875 bits per heavy atom. The summed E-state index contributed by atoms with van der Waals surface area (Å²) >= 11 is 0. The molecule has 0 fully saturated rings. The summed E-state index contributed by atoms with van der Waals surface area (Å²) in [6, 6.07) is 66.6. The van der Waals surface area contributed by atoms with Gasteiger partial charge in [-0.3, -0.25) is 4.57 Å². The molecule has 0 aliphatic heterocycles. The van der Waals surface area contributed by atoms with Crippen LogP contribution in [0.2, 0.25) is 0 Å². The minimum atomic E-state index is 0.927. The molecule has 0 atom stereocenters. The molecule has 0 spiro atoms. The fourth-order valence-electron chi connectivity index (χ4n) is 6.95. The van der Waals surface area contributed by atoms with Gasteiger partial charge in [0.2, 0.25) is 0 Å². The Balaban J connectivity index is 1.32. The molecule has 226 valence electrons. The first-order valence-corrected chi connectivity index (χ1v) is 16.3. The van der Waals surface area contributed by atoms with Crippen LogP contribution in [0.25, 0.3) is 60.8 Å². The summed E-state index contributed by atoms with van der Waals surface area (Å²) in [6.45, 7) is 0. The van der Waals surface area contributed by atoms with Crippen LogP contribution in [0.1, 0.15) is 0 Å². The molecule has 0 saturated carbocycles. The summed E-state index contributed by atoms with van der Waals surface area (Å²) in [5, 5.41) is 4.70. The Morgan fingerprint density at radius 3 is 1.56 bits per heavy atom. The van der Waals surface area contributed by atoms with Crippen LogP contribution >= 0.6 is 0 Å². The van der Waals surface area contributed by atoms with E-state index in [0.29, 0.717) is 0 Å². The molecule has 0 N–H and O–H groups in total. The second-order valence-electron chi connectivity index (χ2n) is 12.0. The minimum absolute atomic E-state index is 0.927. The molecule has 0 bridgehead atoms. The molecule has 0 aliphatic carbocycles. The predicted octanol–water partition coefficient (Wildman–Crippen LogP) is 12.1. The van der Waals surface area contributed by atoms with Gasteiger partial charge in [0.05, 0.1) is 11.0 Å². The summed E-state index contributed by atoms with van der Waals surface area (Å²) in [6.07, 6.45) is 0. The zero-order valence-corrected chi connectivity index (χ0v) is 26.2. The van der Waals surface area contributed by atoms with Crippen molar-refractivity contribution >= 4 is 49.6 Å². The molecule has 1 aromatic heterocycles. The fraction of sp³-hybridized carbons (Fsp3) is 0. The summed E-state index contributed by atoms with van der Waals surface area (Å²) in [7, 11) is 0. The van der Waals surface area contributed by atoms with Crippen LogP contribution in [0.3, 0.4) is 0 Å². The predicted molar refractivity (Wildman–Crippen MR) is 202 cm³/mol. The highest BCUT2D eigenvalue weighted by atomic mass is 15.1. The monoisotopic (exact) mass is 613 g/mol. The topological polar surface area (TPSA) is 21.1 Å². The van der Waals surface area contributed by atoms with Gasteiger partial charge in [-0.05, 0) is 70.4 Å². The first-order chi connectivity index (χ1) is 23.8. The van der Waals surface area contributed by atoms with E-state index in [1.807, 2.05) is 0 Å². The highest BCUT2D eigenvalue weighted by molar-refractivity contribution is 6.24. The number of hydrogen-bond acceptors (Lipinski definition) is 2. The van der Waals surface area contributed by atoms with Crippen molar-refractivity contribution in [1.82, 2.24) is 9.55 Å². The van der Waals surface area contributed by atoms with Gasteiger partial charge in [-0.2, -0.15) is 0 Å². The third-order valence-corrected chi connectivity index (χ3v) is 9.16. The van der Waals surface area contributed by atoms with E-state index in [1.165, 1.54) is 27.3 Å². The lowest BCUT2D eigenvalue weighted by molar-refractivity contribution is 1.11. The normalized spacial score (nSPS) is 11.3. The number of rotatable bonds is 6. The van der Waals surface area contributed by atoms with Crippen molar-refractivity contribution in [3.05, 3.63) is 188 Å². The molecule has 0 radical (unpaired) electrons. The van der Waals surface area contributed by atoms with Gasteiger partial charge in [-0.25, -0.2) is 4.98 Å². The third kappa shape index (κ3) is 4.72. The lowest BCUT2D eigenvalue weighted by Gasteiger charge is -2.26. The second kappa shape index (κ2) is 11.7. The molecule has 3 nitrogen and oxygen atoms in total. The summed E-state index contributed by atoms with van der Waals surface area (Å²) < 4.78 is 2.33. The van der Waals surface area contributed by atoms with E-state index >= 15 is 0 Å². The van der Waals surface area contributed by atoms with E-state index in [0.717, 1.165) is 50.6 Å². The van der Waals surface area contributed by atoms with Crippen LogP contribution in [0.5, 0.6) is 0 Å². The molecule has 3 heteroatoms. The third-order valence-electron chi connectivity index (χ3n) is 9.16. The highest BCUT2D eigenvalue weighted by Crippen LogP contribution is 2.43. The maximum absolute atomic E-state index is 5.47. The maximum Gasteiger partial charge on any atom is 0.145 e. The van der Waals surface area contributed by atoms with E-state index in [-0.39, 0.29) is 0 Å². The largest absolute Gasteiger partial charge is 0.310 e. The Kier molecular flexibility index (Phi) is 6.80. The van der Waals surface area contributed by atoms with Gasteiger partial charge in [0.1, 0.15) is 5.82 Å². The first kappa shape index (κ1) is 27.8. The van der Waals surface area contributed by atoms with Crippen molar-refractivity contribution in [3.8, 4) is 28.2 Å². The van der Waals surface area contributed by atoms with Gasteiger partial charge in [0, 0.05) is 39.1 Å². The Labute approximate surface area is 279 Å². The van der Waals surface area contributed by atoms with Gasteiger partial charge in [0.15, 0.2) is 0 Å². The van der Waals surface area contributed by atoms with Gasteiger partial charge in [-0.15, -0.1) is 0 Å². The van der Waals surface area contributed by atoms with Gasteiger partial charge in [0.25, 0.3) is 0 Å². The zero-order valence-electron chi connectivity index (χ0n) is 26.2. The SMILES string of the molecule is c1ccc(-c2ccc(N(c3ccccc3)c3ccc4c5ccccc5c5c(nc(-c6ccccc6)n5-c5ccccc5)c4c3)cc2)cc1. The number of hydrogen-bond donors (Lipinski definition) is 0. The summed E-state index contributed by atoms with van der Waals surface area (Å²) in [4.78, 5) is 7.81. The fourth-order valence-corrected chi connectivity index (χ4v) is 6.95. The summed E-state index contributed by atoms with van der Waals surface area (Å²) in [5.41, 5.74) is 9.93. The standard InChI is InChI=1S/C45H31N3/c1-5-15-32(16-6-1)33-25-27-37(28-26-33)47(35-19-9-3-10-20-35)38-29-30-40-39-23-13-14-24-41(39)44-43(42(40)31-38)46-45(34-17-7-2-8-18-34)48(44)36-21-11-4-12-22-36/h1-31H. The number of nitrogens with zero attached hydrogens (tertiary/aromatic N) is 3. The van der Waals surface area contributed by atoms with Crippen molar-refractivity contribution in [3.63, 3.8) is 0 Å². The number of fused-ring (bicyclic) bond motifs is 6. The van der Waals surface area contributed by atoms with Crippen molar-refractivity contribution in [1.29, 1.82) is 0 Å². The molecular weight excluding hydrogens is 583 g/mol. The highest BCUT2D eigenvalue weighted by Gasteiger charge is 2.21. The summed E-state index contributed by atoms with van der Waals surface area (Å²) in [5.74, 6) is 0.927.